The molecule has 2 amide bonds. The largest absolute Gasteiger partial charge is 0.322 e. The van der Waals surface area contributed by atoms with E-state index in [9.17, 15) is 4.79 Å². The fraction of sp³-hybridized carbons (Fsp3) is 0.471. The van der Waals surface area contributed by atoms with Gasteiger partial charge in [-0.15, -0.1) is 0 Å². The van der Waals surface area contributed by atoms with Crippen LogP contribution in [0.1, 0.15) is 33.3 Å². The Kier molecular flexibility index (Phi) is 4.17. The van der Waals surface area contributed by atoms with Crippen LogP contribution < -0.4 is 0 Å². The zero-order valence-corrected chi connectivity index (χ0v) is 12.9. The first-order chi connectivity index (χ1) is 9.51. The van der Waals surface area contributed by atoms with Crippen LogP contribution in [0.2, 0.25) is 0 Å². The van der Waals surface area contributed by atoms with Crippen molar-refractivity contribution in [1.29, 1.82) is 0 Å². The van der Waals surface area contributed by atoms with E-state index in [0.717, 1.165) is 19.6 Å². The molecule has 1 aliphatic rings. The van der Waals surface area contributed by atoms with Crippen molar-refractivity contribution >= 4 is 11.6 Å². The zero-order valence-electron chi connectivity index (χ0n) is 12.9. The van der Waals surface area contributed by atoms with Gasteiger partial charge in [-0.05, 0) is 38.8 Å². The summed E-state index contributed by atoms with van der Waals surface area (Å²) < 4.78 is 0. The molecule has 1 unspecified atom stereocenters. The molecule has 1 aromatic rings. The smallest absolute Gasteiger partial charge is 0.320 e. The maximum atomic E-state index is 12.3. The van der Waals surface area contributed by atoms with Crippen molar-refractivity contribution in [3.8, 4) is 0 Å². The van der Waals surface area contributed by atoms with Crippen molar-refractivity contribution in [2.45, 2.75) is 33.2 Å². The van der Waals surface area contributed by atoms with Crippen LogP contribution >= 0.6 is 0 Å². The third-order valence-electron chi connectivity index (χ3n) is 4.08. The molecular formula is C17H24N2O. The van der Waals surface area contributed by atoms with Gasteiger partial charge >= 0.3 is 6.03 Å². The van der Waals surface area contributed by atoms with Gasteiger partial charge in [0.1, 0.15) is 0 Å². The molecule has 1 aliphatic heterocycles. The lowest BCUT2D eigenvalue weighted by atomic mass is 9.95. The fourth-order valence-corrected chi connectivity index (χ4v) is 3.05. The molecule has 1 atom stereocenters. The molecule has 0 radical (unpaired) electrons. The number of benzene rings is 1. The maximum Gasteiger partial charge on any atom is 0.320 e. The highest BCUT2D eigenvalue weighted by atomic mass is 16.2. The van der Waals surface area contributed by atoms with Crippen LogP contribution in [-0.2, 0) is 0 Å². The normalized spacial score (nSPS) is 23.6. The number of allylic oxidation sites excluding steroid dienone is 1. The molecule has 0 aromatic heterocycles. The Labute approximate surface area is 121 Å². The Bertz CT molecular complexity index is 509. The lowest BCUT2D eigenvalue weighted by Crippen LogP contribution is -2.43. The predicted octanol–water partition coefficient (Wildman–Crippen LogP) is 3.63. The van der Waals surface area contributed by atoms with Gasteiger partial charge in [-0.3, -0.25) is 0 Å². The number of likely N-dealkylation sites (N-methyl/N-ethyl adjacent to an activating group) is 2. The topological polar surface area (TPSA) is 23.6 Å². The van der Waals surface area contributed by atoms with Gasteiger partial charge in [0.05, 0.1) is 5.54 Å². The van der Waals surface area contributed by atoms with Crippen molar-refractivity contribution in [3.63, 3.8) is 0 Å². The summed E-state index contributed by atoms with van der Waals surface area (Å²) in [5.41, 5.74) is 2.21. The number of hydrogen-bond donors (Lipinski definition) is 0. The Hall–Kier alpha value is -1.77. The van der Waals surface area contributed by atoms with E-state index < -0.39 is 0 Å². The minimum Gasteiger partial charge on any atom is -0.322 e. The summed E-state index contributed by atoms with van der Waals surface area (Å²) in [4.78, 5) is 16.2. The Morgan fingerprint density at radius 2 is 1.90 bits per heavy atom. The molecule has 1 aromatic carbocycles. The van der Waals surface area contributed by atoms with Gasteiger partial charge in [0.25, 0.3) is 0 Å². The van der Waals surface area contributed by atoms with E-state index in [1.54, 1.807) is 0 Å². The number of carbonyl (C=O) groups excluding carboxylic acids is 1. The molecule has 1 heterocycles. The lowest BCUT2D eigenvalue weighted by molar-refractivity contribution is 0.183. The van der Waals surface area contributed by atoms with Gasteiger partial charge in [0.2, 0.25) is 0 Å². The Morgan fingerprint density at radius 3 is 2.45 bits per heavy atom. The minimum atomic E-state index is -0.220. The van der Waals surface area contributed by atoms with E-state index in [2.05, 4.69) is 32.1 Å². The number of carbonyl (C=O) groups is 1. The molecule has 0 aliphatic carbocycles. The second-order valence-corrected chi connectivity index (χ2v) is 5.59. The molecule has 0 saturated carbocycles. The van der Waals surface area contributed by atoms with Crippen LogP contribution in [0.5, 0.6) is 0 Å². The summed E-state index contributed by atoms with van der Waals surface area (Å²) in [6, 6.07) is 10.5. The van der Waals surface area contributed by atoms with Gasteiger partial charge in [0.15, 0.2) is 0 Å². The number of urea groups is 1. The zero-order chi connectivity index (χ0) is 14.8. The third kappa shape index (κ3) is 2.58. The van der Waals surface area contributed by atoms with E-state index in [-0.39, 0.29) is 11.6 Å². The van der Waals surface area contributed by atoms with Gasteiger partial charge in [-0.25, -0.2) is 4.79 Å². The molecule has 2 rings (SSSR count). The highest BCUT2D eigenvalue weighted by Gasteiger charge is 2.43. The van der Waals surface area contributed by atoms with Crippen molar-refractivity contribution in [2.75, 3.05) is 19.6 Å². The third-order valence-corrected chi connectivity index (χ3v) is 4.08. The van der Waals surface area contributed by atoms with Gasteiger partial charge in [-0.2, -0.15) is 0 Å². The molecule has 1 fully saturated rings. The molecular weight excluding hydrogens is 248 g/mol. The number of amides is 2. The predicted molar refractivity (Wildman–Crippen MR) is 83.5 cm³/mol. The van der Waals surface area contributed by atoms with Crippen LogP contribution in [-0.4, -0.2) is 41.0 Å². The number of nitrogens with zero attached hydrogens (tertiary/aromatic N) is 2. The SMILES string of the molecule is CCN1CC(C)(/C=C(\C)c2ccccc2)N(CC)C1=O. The molecule has 3 heteroatoms. The Morgan fingerprint density at radius 1 is 1.25 bits per heavy atom. The minimum absolute atomic E-state index is 0.148. The van der Waals surface area contributed by atoms with Crippen molar-refractivity contribution in [3.05, 3.63) is 42.0 Å². The average Bonchev–Trinajstić information content (AvgIpc) is 2.70. The molecule has 0 spiro atoms. The quantitative estimate of drug-likeness (QED) is 0.821. The van der Waals surface area contributed by atoms with E-state index in [1.165, 1.54) is 11.1 Å². The monoisotopic (exact) mass is 272 g/mol. The van der Waals surface area contributed by atoms with Crippen LogP contribution in [0.4, 0.5) is 4.79 Å². The summed E-state index contributed by atoms with van der Waals surface area (Å²) >= 11 is 0. The number of rotatable bonds is 4. The molecule has 0 bridgehead atoms. The standard InChI is InChI=1S/C17H24N2O/c1-5-18-13-17(4,19(6-2)16(18)20)12-14(3)15-10-8-7-9-11-15/h7-12H,5-6,13H2,1-4H3/b14-12+. The average molecular weight is 272 g/mol. The first-order valence-electron chi connectivity index (χ1n) is 7.33. The second-order valence-electron chi connectivity index (χ2n) is 5.59. The van der Waals surface area contributed by atoms with E-state index in [1.807, 2.05) is 41.8 Å². The lowest BCUT2D eigenvalue weighted by Gasteiger charge is -2.30. The highest BCUT2D eigenvalue weighted by Crippen LogP contribution is 2.30. The molecule has 1 saturated heterocycles. The van der Waals surface area contributed by atoms with Crippen molar-refractivity contribution in [1.82, 2.24) is 9.80 Å². The van der Waals surface area contributed by atoms with E-state index in [4.69, 9.17) is 0 Å². The summed E-state index contributed by atoms with van der Waals surface area (Å²) in [7, 11) is 0. The van der Waals surface area contributed by atoms with Crippen LogP contribution in [0.25, 0.3) is 5.57 Å². The molecule has 3 nitrogen and oxygen atoms in total. The Balaban J connectivity index is 2.33. The van der Waals surface area contributed by atoms with Crippen LogP contribution in [0, 0.1) is 0 Å². The summed E-state index contributed by atoms with van der Waals surface area (Å²) in [5, 5.41) is 0. The molecule has 108 valence electrons. The highest BCUT2D eigenvalue weighted by molar-refractivity contribution is 5.79. The first kappa shape index (κ1) is 14.6. The van der Waals surface area contributed by atoms with Crippen LogP contribution in [0.15, 0.2) is 36.4 Å². The fourth-order valence-electron chi connectivity index (χ4n) is 3.05. The van der Waals surface area contributed by atoms with Gasteiger partial charge in [0, 0.05) is 19.6 Å². The van der Waals surface area contributed by atoms with E-state index in [0.29, 0.717) is 0 Å². The van der Waals surface area contributed by atoms with Gasteiger partial charge in [-0.1, -0.05) is 36.4 Å². The second kappa shape index (κ2) is 5.70. The molecule has 20 heavy (non-hydrogen) atoms. The summed E-state index contributed by atoms with van der Waals surface area (Å²) in [6.45, 7) is 10.6. The summed E-state index contributed by atoms with van der Waals surface area (Å²) in [5.74, 6) is 0. The molecule has 0 N–H and O–H groups in total. The number of hydrogen-bond acceptors (Lipinski definition) is 1. The van der Waals surface area contributed by atoms with E-state index >= 15 is 0 Å². The van der Waals surface area contributed by atoms with Crippen molar-refractivity contribution < 1.29 is 4.79 Å². The van der Waals surface area contributed by atoms with Crippen LogP contribution in [0.3, 0.4) is 0 Å². The summed E-state index contributed by atoms with van der Waals surface area (Å²) in [6.07, 6.45) is 2.24. The first-order valence-corrected chi connectivity index (χ1v) is 7.33. The van der Waals surface area contributed by atoms with Gasteiger partial charge < -0.3 is 9.80 Å². The maximum absolute atomic E-state index is 12.3. The van der Waals surface area contributed by atoms with Crippen molar-refractivity contribution in [2.24, 2.45) is 0 Å².